The molecule has 5 aromatic rings. The fourth-order valence-electron chi connectivity index (χ4n) is 4.52. The first kappa shape index (κ1) is 25.1. The molecule has 7 heteroatoms. The van der Waals surface area contributed by atoms with Crippen LogP contribution in [0.4, 0.5) is 0 Å². The fraction of sp³-hybridized carbons (Fsp3) is 0.0968. The summed E-state index contributed by atoms with van der Waals surface area (Å²) < 4.78 is 5.04. The van der Waals surface area contributed by atoms with Gasteiger partial charge in [-0.25, -0.2) is 0 Å². The van der Waals surface area contributed by atoms with E-state index in [0.717, 1.165) is 10.9 Å². The number of benzene rings is 4. The van der Waals surface area contributed by atoms with Gasteiger partial charge < -0.3 is 19.9 Å². The van der Waals surface area contributed by atoms with E-state index >= 15 is 0 Å². The van der Waals surface area contributed by atoms with Crippen molar-refractivity contribution in [3.05, 3.63) is 106 Å². The maximum Gasteiger partial charge on any atom is 0.310 e. The molecule has 190 valence electrons. The number of carbonyl (C=O) groups excluding carboxylic acids is 1. The second-order valence-corrected chi connectivity index (χ2v) is 9.27. The van der Waals surface area contributed by atoms with Gasteiger partial charge in [0.05, 0.1) is 18.1 Å². The molecule has 5 rings (SSSR count). The standard InChI is InChI=1S/C31H24ClNO5/c1-2-38-30(36)13-18-6-5-7-19(12-18)25-15-21-14-24(26(32)17-27(21)33-31(25)37)20-10-11-23(29(35)16-20)22-8-3-4-9-28(22)34/h3-12,14-17,34-35H,2,13H2,1H3,(H,33,37). The highest BCUT2D eigenvalue weighted by Crippen LogP contribution is 2.39. The van der Waals surface area contributed by atoms with Crippen molar-refractivity contribution in [1.29, 1.82) is 0 Å². The topological polar surface area (TPSA) is 99.6 Å². The second-order valence-electron chi connectivity index (χ2n) is 8.86. The van der Waals surface area contributed by atoms with Gasteiger partial charge in [0.1, 0.15) is 11.5 Å². The summed E-state index contributed by atoms with van der Waals surface area (Å²) in [6, 6.07) is 24.5. The van der Waals surface area contributed by atoms with Crippen LogP contribution in [0, 0.1) is 0 Å². The van der Waals surface area contributed by atoms with E-state index in [0.29, 0.717) is 50.5 Å². The van der Waals surface area contributed by atoms with E-state index in [-0.39, 0.29) is 29.4 Å². The minimum Gasteiger partial charge on any atom is -0.507 e. The summed E-state index contributed by atoms with van der Waals surface area (Å²) in [7, 11) is 0. The molecule has 0 atom stereocenters. The van der Waals surface area contributed by atoms with Gasteiger partial charge in [-0.05, 0) is 65.4 Å². The lowest BCUT2D eigenvalue weighted by atomic mass is 9.96. The maximum atomic E-state index is 12.9. The summed E-state index contributed by atoms with van der Waals surface area (Å²) in [4.78, 5) is 27.7. The third kappa shape index (κ3) is 4.99. The van der Waals surface area contributed by atoms with Crippen LogP contribution >= 0.6 is 11.6 Å². The van der Waals surface area contributed by atoms with Crippen LogP contribution in [-0.4, -0.2) is 27.8 Å². The van der Waals surface area contributed by atoms with Gasteiger partial charge in [0, 0.05) is 27.8 Å². The Hall–Kier alpha value is -4.55. The van der Waals surface area contributed by atoms with Crippen molar-refractivity contribution in [1.82, 2.24) is 4.98 Å². The molecule has 0 aliphatic rings. The predicted octanol–water partition coefficient (Wildman–Crippen LogP) is 6.70. The lowest BCUT2D eigenvalue weighted by Crippen LogP contribution is -2.10. The number of rotatable bonds is 6. The molecule has 0 saturated carbocycles. The number of phenols is 2. The summed E-state index contributed by atoms with van der Waals surface area (Å²) in [5.74, 6) is -0.254. The minimum atomic E-state index is -0.326. The quantitative estimate of drug-likeness (QED) is 0.214. The Morgan fingerprint density at radius 2 is 1.55 bits per heavy atom. The maximum absolute atomic E-state index is 12.9. The van der Waals surface area contributed by atoms with Gasteiger partial charge in [-0.1, -0.05) is 60.1 Å². The zero-order valence-corrected chi connectivity index (χ0v) is 21.3. The second kappa shape index (κ2) is 10.4. The lowest BCUT2D eigenvalue weighted by molar-refractivity contribution is -0.142. The number of pyridine rings is 1. The van der Waals surface area contributed by atoms with Crippen molar-refractivity contribution in [3.63, 3.8) is 0 Å². The first-order valence-electron chi connectivity index (χ1n) is 12.1. The average Bonchev–Trinajstić information content (AvgIpc) is 2.89. The Morgan fingerprint density at radius 3 is 2.32 bits per heavy atom. The lowest BCUT2D eigenvalue weighted by Gasteiger charge is -2.12. The molecule has 0 radical (unpaired) electrons. The third-order valence-corrected chi connectivity index (χ3v) is 6.64. The molecule has 4 aromatic carbocycles. The zero-order chi connectivity index (χ0) is 26.8. The summed E-state index contributed by atoms with van der Waals surface area (Å²) in [6.07, 6.45) is 0.118. The number of nitrogens with one attached hydrogen (secondary N) is 1. The van der Waals surface area contributed by atoms with Crippen molar-refractivity contribution < 1.29 is 19.7 Å². The summed E-state index contributed by atoms with van der Waals surface area (Å²) in [5.41, 5.74) is 4.55. The van der Waals surface area contributed by atoms with Gasteiger partial charge in [0.15, 0.2) is 0 Å². The third-order valence-electron chi connectivity index (χ3n) is 6.33. The summed E-state index contributed by atoms with van der Waals surface area (Å²) in [5, 5.41) is 22.1. The molecular formula is C31H24ClNO5. The highest BCUT2D eigenvalue weighted by Gasteiger charge is 2.14. The van der Waals surface area contributed by atoms with Crippen molar-refractivity contribution in [2.45, 2.75) is 13.3 Å². The molecular weight excluding hydrogens is 502 g/mol. The Kier molecular flexibility index (Phi) is 6.90. The van der Waals surface area contributed by atoms with Crippen molar-refractivity contribution >= 4 is 28.5 Å². The van der Waals surface area contributed by atoms with E-state index in [1.165, 1.54) is 0 Å². The Balaban J connectivity index is 1.55. The van der Waals surface area contributed by atoms with Crippen molar-refractivity contribution in [2.24, 2.45) is 0 Å². The number of halogens is 1. The van der Waals surface area contributed by atoms with Gasteiger partial charge in [-0.3, -0.25) is 9.59 Å². The number of para-hydroxylation sites is 1. The molecule has 0 amide bonds. The number of aromatic amines is 1. The number of hydrogen-bond acceptors (Lipinski definition) is 5. The van der Waals surface area contributed by atoms with E-state index in [1.54, 1.807) is 67.6 Å². The van der Waals surface area contributed by atoms with Crippen LogP contribution in [0.2, 0.25) is 5.02 Å². The van der Waals surface area contributed by atoms with Crippen molar-refractivity contribution in [3.8, 4) is 44.9 Å². The molecule has 38 heavy (non-hydrogen) atoms. The van der Waals surface area contributed by atoms with Crippen LogP contribution in [-0.2, 0) is 16.0 Å². The monoisotopic (exact) mass is 525 g/mol. The minimum absolute atomic E-state index is 0.000681. The number of ether oxygens (including phenoxy) is 1. The predicted molar refractivity (Wildman–Crippen MR) is 150 cm³/mol. The number of carbonyl (C=O) groups is 1. The van der Waals surface area contributed by atoms with Crippen molar-refractivity contribution in [2.75, 3.05) is 6.61 Å². The molecule has 0 aliphatic heterocycles. The molecule has 3 N–H and O–H groups in total. The van der Waals surface area contributed by atoms with Crippen LogP contribution in [0.3, 0.4) is 0 Å². The normalized spacial score (nSPS) is 11.0. The first-order valence-corrected chi connectivity index (χ1v) is 12.4. The van der Waals surface area contributed by atoms with Crippen LogP contribution < -0.4 is 5.56 Å². The number of H-pyrrole nitrogens is 1. The van der Waals surface area contributed by atoms with E-state index in [4.69, 9.17) is 16.3 Å². The van der Waals surface area contributed by atoms with Crippen LogP contribution in [0.5, 0.6) is 11.5 Å². The number of phenolic OH excluding ortho intramolecular Hbond substituents is 2. The molecule has 0 aliphatic carbocycles. The Bertz CT molecular complexity index is 1740. The number of hydrogen-bond donors (Lipinski definition) is 3. The summed E-state index contributed by atoms with van der Waals surface area (Å²) >= 11 is 6.59. The molecule has 0 unspecified atom stereocenters. The number of aromatic nitrogens is 1. The fourth-order valence-corrected chi connectivity index (χ4v) is 4.79. The van der Waals surface area contributed by atoms with Gasteiger partial charge in [-0.2, -0.15) is 0 Å². The highest BCUT2D eigenvalue weighted by atomic mass is 35.5. The highest BCUT2D eigenvalue weighted by molar-refractivity contribution is 6.34. The number of fused-ring (bicyclic) bond motifs is 1. The SMILES string of the molecule is CCOC(=O)Cc1cccc(-c2cc3cc(-c4ccc(-c5ccccc5O)c(O)c4)c(Cl)cc3[nH]c2=O)c1. The Morgan fingerprint density at radius 1 is 0.816 bits per heavy atom. The molecule has 0 saturated heterocycles. The number of esters is 1. The average molecular weight is 526 g/mol. The van der Waals surface area contributed by atoms with Gasteiger partial charge >= 0.3 is 5.97 Å². The summed E-state index contributed by atoms with van der Waals surface area (Å²) in [6.45, 7) is 2.07. The molecule has 6 nitrogen and oxygen atoms in total. The first-order chi connectivity index (χ1) is 18.3. The molecule has 0 spiro atoms. The van der Waals surface area contributed by atoms with Crippen LogP contribution in [0.1, 0.15) is 12.5 Å². The largest absolute Gasteiger partial charge is 0.507 e. The number of aromatic hydroxyl groups is 2. The molecule has 0 fully saturated rings. The van der Waals surface area contributed by atoms with E-state index in [9.17, 15) is 19.8 Å². The van der Waals surface area contributed by atoms with Crippen LogP contribution in [0.15, 0.2) is 89.7 Å². The Labute approximate surface area is 223 Å². The van der Waals surface area contributed by atoms with E-state index in [1.807, 2.05) is 24.3 Å². The molecule has 1 heterocycles. The van der Waals surface area contributed by atoms with Gasteiger partial charge in [0.25, 0.3) is 5.56 Å². The van der Waals surface area contributed by atoms with E-state index < -0.39 is 0 Å². The van der Waals surface area contributed by atoms with Gasteiger partial charge in [-0.15, -0.1) is 0 Å². The van der Waals surface area contributed by atoms with Gasteiger partial charge in [0.2, 0.25) is 0 Å². The van der Waals surface area contributed by atoms with Crippen LogP contribution in [0.25, 0.3) is 44.3 Å². The molecule has 1 aromatic heterocycles. The zero-order valence-electron chi connectivity index (χ0n) is 20.5. The smallest absolute Gasteiger partial charge is 0.310 e. The van der Waals surface area contributed by atoms with E-state index in [2.05, 4.69) is 4.98 Å². The molecule has 0 bridgehead atoms.